The van der Waals surface area contributed by atoms with Gasteiger partial charge in [0.1, 0.15) is 18.4 Å². The molecule has 7 nitrogen and oxygen atoms in total. The van der Waals surface area contributed by atoms with E-state index in [1.54, 1.807) is 37.3 Å². The highest BCUT2D eigenvalue weighted by Crippen LogP contribution is 2.29. The zero-order valence-electron chi connectivity index (χ0n) is 24.2. The fourth-order valence-electron chi connectivity index (χ4n) is 4.67. The van der Waals surface area contributed by atoms with Crippen molar-refractivity contribution >= 4 is 50.7 Å². The fourth-order valence-corrected chi connectivity index (χ4v) is 6.60. The number of aryl methyl sites for hydroxylation is 1. The van der Waals surface area contributed by atoms with E-state index in [-0.39, 0.29) is 33.6 Å². The van der Waals surface area contributed by atoms with Gasteiger partial charge in [-0.05, 0) is 67.9 Å². The third kappa shape index (κ3) is 7.96. The summed E-state index contributed by atoms with van der Waals surface area (Å²) in [5.74, 6) is -1.68. The van der Waals surface area contributed by atoms with Crippen LogP contribution >= 0.6 is 23.2 Å². The molecule has 2 amide bonds. The Labute approximate surface area is 267 Å². The van der Waals surface area contributed by atoms with Crippen LogP contribution in [0.3, 0.4) is 0 Å². The SMILES string of the molecule is CCNC(=O)[C@@H](Cc1ccccc1)N(Cc1c(Cl)cccc1Cl)C(=O)CN(c1ccc(F)cc1)S(=O)(=O)c1ccc(C)cc1. The molecular weight excluding hydrogens is 624 g/mol. The Morgan fingerprint density at radius 3 is 2.07 bits per heavy atom. The van der Waals surface area contributed by atoms with Gasteiger partial charge in [-0.25, -0.2) is 12.8 Å². The highest BCUT2D eigenvalue weighted by molar-refractivity contribution is 7.92. The summed E-state index contributed by atoms with van der Waals surface area (Å²) in [5, 5.41) is 3.37. The highest BCUT2D eigenvalue weighted by atomic mass is 35.5. The molecule has 0 spiro atoms. The standard InChI is InChI=1S/C33H32Cl2FN3O4S/c1-3-37-33(41)31(20-24-8-5-4-6-9-24)38(21-28-29(34)10-7-11-30(28)35)32(40)22-39(26-16-14-25(36)15-17-26)44(42,43)27-18-12-23(2)13-19-27/h4-19,31H,3,20-22H2,1-2H3,(H,37,41)/t31-/m1/s1. The van der Waals surface area contributed by atoms with Crippen molar-refractivity contribution in [1.29, 1.82) is 0 Å². The van der Waals surface area contributed by atoms with E-state index in [0.29, 0.717) is 12.1 Å². The van der Waals surface area contributed by atoms with Gasteiger partial charge in [0.25, 0.3) is 10.0 Å². The molecule has 4 aromatic carbocycles. The summed E-state index contributed by atoms with van der Waals surface area (Å²) in [7, 11) is -4.31. The second-order valence-corrected chi connectivity index (χ2v) is 12.8. The molecule has 11 heteroatoms. The molecule has 0 aliphatic carbocycles. The van der Waals surface area contributed by atoms with Crippen LogP contribution < -0.4 is 9.62 Å². The van der Waals surface area contributed by atoms with E-state index in [4.69, 9.17) is 23.2 Å². The average Bonchev–Trinajstić information content (AvgIpc) is 3.00. The van der Waals surface area contributed by atoms with Gasteiger partial charge in [-0.1, -0.05) is 77.3 Å². The van der Waals surface area contributed by atoms with Crippen molar-refractivity contribution in [2.75, 3.05) is 17.4 Å². The van der Waals surface area contributed by atoms with Gasteiger partial charge >= 0.3 is 0 Å². The smallest absolute Gasteiger partial charge is 0.264 e. The molecule has 44 heavy (non-hydrogen) atoms. The molecule has 0 aliphatic rings. The average molecular weight is 657 g/mol. The van der Waals surface area contributed by atoms with Gasteiger partial charge in [0.2, 0.25) is 11.8 Å². The first-order chi connectivity index (χ1) is 21.0. The number of hydrogen-bond donors (Lipinski definition) is 1. The van der Waals surface area contributed by atoms with E-state index in [2.05, 4.69) is 5.32 Å². The van der Waals surface area contributed by atoms with Crippen LogP contribution in [-0.4, -0.2) is 44.3 Å². The lowest BCUT2D eigenvalue weighted by atomic mass is 10.0. The predicted octanol–water partition coefficient (Wildman–Crippen LogP) is 6.41. The quantitative estimate of drug-likeness (QED) is 0.191. The first-order valence-corrected chi connectivity index (χ1v) is 16.1. The van der Waals surface area contributed by atoms with Crippen molar-refractivity contribution in [3.63, 3.8) is 0 Å². The van der Waals surface area contributed by atoms with Crippen LogP contribution in [0.15, 0.2) is 102 Å². The summed E-state index contributed by atoms with van der Waals surface area (Å²) in [6.07, 6.45) is 0.141. The van der Waals surface area contributed by atoms with Gasteiger partial charge in [-0.2, -0.15) is 0 Å². The van der Waals surface area contributed by atoms with Crippen molar-refractivity contribution in [2.45, 2.75) is 37.8 Å². The summed E-state index contributed by atoms with van der Waals surface area (Å²) in [4.78, 5) is 29.2. The molecule has 0 aliphatic heterocycles. The van der Waals surface area contributed by atoms with Gasteiger partial charge in [0.05, 0.1) is 10.6 Å². The number of nitrogens with one attached hydrogen (secondary N) is 1. The van der Waals surface area contributed by atoms with E-state index in [1.807, 2.05) is 37.3 Å². The Balaban J connectivity index is 1.82. The molecule has 0 heterocycles. The third-order valence-corrected chi connectivity index (χ3v) is 9.51. The molecule has 0 saturated carbocycles. The molecule has 0 fully saturated rings. The molecule has 0 aromatic heterocycles. The molecule has 0 unspecified atom stereocenters. The largest absolute Gasteiger partial charge is 0.355 e. The second kappa shape index (κ2) is 14.7. The topological polar surface area (TPSA) is 86.8 Å². The maximum atomic E-state index is 14.4. The second-order valence-electron chi connectivity index (χ2n) is 10.1. The summed E-state index contributed by atoms with van der Waals surface area (Å²) >= 11 is 13.0. The van der Waals surface area contributed by atoms with Gasteiger partial charge in [-0.3, -0.25) is 13.9 Å². The van der Waals surface area contributed by atoms with E-state index in [0.717, 1.165) is 27.6 Å². The lowest BCUT2D eigenvalue weighted by molar-refractivity contribution is -0.140. The Morgan fingerprint density at radius 2 is 1.48 bits per heavy atom. The van der Waals surface area contributed by atoms with Gasteiger partial charge in [-0.15, -0.1) is 0 Å². The first kappa shape index (κ1) is 33.0. The number of likely N-dealkylation sites (N-methyl/N-ethyl adjacent to an activating group) is 1. The number of carbonyl (C=O) groups excluding carboxylic acids is 2. The number of amides is 2. The minimum atomic E-state index is -4.31. The minimum Gasteiger partial charge on any atom is -0.355 e. The maximum absolute atomic E-state index is 14.4. The van der Waals surface area contributed by atoms with Crippen molar-refractivity contribution in [3.05, 3.63) is 130 Å². The van der Waals surface area contributed by atoms with Gasteiger partial charge < -0.3 is 10.2 Å². The highest BCUT2D eigenvalue weighted by Gasteiger charge is 2.35. The molecular formula is C33H32Cl2FN3O4S. The van der Waals surface area contributed by atoms with E-state index in [9.17, 15) is 22.4 Å². The Kier molecular flexibility index (Phi) is 11.0. The molecule has 230 valence electrons. The lowest BCUT2D eigenvalue weighted by Gasteiger charge is -2.34. The molecule has 4 rings (SSSR count). The number of sulfonamides is 1. The van der Waals surface area contributed by atoms with Crippen LogP contribution in [0.5, 0.6) is 0 Å². The van der Waals surface area contributed by atoms with Crippen LogP contribution in [0.2, 0.25) is 10.0 Å². The van der Waals surface area contributed by atoms with Crippen molar-refractivity contribution in [2.24, 2.45) is 0 Å². The number of nitrogens with zero attached hydrogens (tertiary/aromatic N) is 2. The van der Waals surface area contributed by atoms with E-state index >= 15 is 0 Å². The van der Waals surface area contributed by atoms with Crippen molar-refractivity contribution in [1.82, 2.24) is 10.2 Å². The fraction of sp³-hybridized carbons (Fsp3) is 0.212. The monoisotopic (exact) mass is 655 g/mol. The zero-order valence-corrected chi connectivity index (χ0v) is 26.5. The van der Waals surface area contributed by atoms with Crippen LogP contribution in [0, 0.1) is 12.7 Å². The summed E-state index contributed by atoms with van der Waals surface area (Å²) in [5.41, 5.74) is 2.12. The Bertz CT molecular complexity index is 1680. The number of hydrogen-bond acceptors (Lipinski definition) is 4. The van der Waals surface area contributed by atoms with Crippen molar-refractivity contribution < 1.29 is 22.4 Å². The maximum Gasteiger partial charge on any atom is 0.264 e. The van der Waals surface area contributed by atoms with Crippen LogP contribution in [0.25, 0.3) is 0 Å². The van der Waals surface area contributed by atoms with E-state index < -0.39 is 40.2 Å². The minimum absolute atomic E-state index is 0.0505. The zero-order chi connectivity index (χ0) is 31.9. The van der Waals surface area contributed by atoms with Crippen LogP contribution in [0.1, 0.15) is 23.6 Å². The summed E-state index contributed by atoms with van der Waals surface area (Å²) in [6.45, 7) is 3.04. The predicted molar refractivity (Wildman–Crippen MR) is 172 cm³/mol. The van der Waals surface area contributed by atoms with Crippen LogP contribution in [-0.2, 0) is 32.6 Å². The van der Waals surface area contributed by atoms with E-state index in [1.165, 1.54) is 29.2 Å². The summed E-state index contributed by atoms with van der Waals surface area (Å²) in [6, 6.07) is 24.0. The number of benzene rings is 4. The van der Waals surface area contributed by atoms with Gasteiger partial charge in [0.15, 0.2) is 0 Å². The number of halogens is 3. The molecule has 0 saturated heterocycles. The molecule has 0 bridgehead atoms. The number of anilines is 1. The normalized spacial score (nSPS) is 11.9. The summed E-state index contributed by atoms with van der Waals surface area (Å²) < 4.78 is 42.8. The third-order valence-electron chi connectivity index (χ3n) is 7.01. The molecule has 1 N–H and O–H groups in total. The Hall–Kier alpha value is -3.92. The lowest BCUT2D eigenvalue weighted by Crippen LogP contribution is -2.53. The molecule has 0 radical (unpaired) electrons. The number of carbonyl (C=O) groups is 2. The van der Waals surface area contributed by atoms with Gasteiger partial charge in [0, 0.05) is 35.1 Å². The molecule has 4 aromatic rings. The Morgan fingerprint density at radius 1 is 0.864 bits per heavy atom. The molecule has 1 atom stereocenters. The van der Waals surface area contributed by atoms with Crippen molar-refractivity contribution in [3.8, 4) is 0 Å². The first-order valence-electron chi connectivity index (χ1n) is 13.9. The number of rotatable bonds is 12. The van der Waals surface area contributed by atoms with Crippen LogP contribution in [0.4, 0.5) is 10.1 Å².